The first-order valence-corrected chi connectivity index (χ1v) is 9.65. The van der Waals surface area contributed by atoms with Gasteiger partial charge < -0.3 is 14.2 Å². The molecule has 0 aliphatic rings. The molecule has 0 bridgehead atoms. The largest absolute Gasteiger partial charge is 0.493 e. The summed E-state index contributed by atoms with van der Waals surface area (Å²) in [7, 11) is 4.55. The normalized spacial score (nSPS) is 11.1. The van der Waals surface area contributed by atoms with E-state index in [1.165, 1.54) is 24.5 Å². The molecule has 3 aromatic rings. The van der Waals surface area contributed by atoms with E-state index in [4.69, 9.17) is 14.2 Å². The fraction of sp³-hybridized carbons (Fsp3) is 0.200. The van der Waals surface area contributed by atoms with Gasteiger partial charge in [0.15, 0.2) is 17.2 Å². The van der Waals surface area contributed by atoms with Crippen molar-refractivity contribution in [2.45, 2.75) is 6.92 Å². The third-order valence-electron chi connectivity index (χ3n) is 4.30. The molecule has 0 fully saturated rings. The summed E-state index contributed by atoms with van der Waals surface area (Å²) in [5, 5.41) is 18.0. The van der Waals surface area contributed by atoms with Crippen molar-refractivity contribution in [1.82, 2.24) is 4.98 Å². The Hall–Kier alpha value is -3.66. The molecular formula is C20H20N4O5S. The smallest absolute Gasteiger partial charge is 0.311 e. The minimum Gasteiger partial charge on any atom is -0.493 e. The minimum atomic E-state index is -0.482. The van der Waals surface area contributed by atoms with Crippen LogP contribution in [0.1, 0.15) is 12.5 Å². The lowest BCUT2D eigenvalue weighted by Gasteiger charge is -2.09. The molecule has 0 amide bonds. The third kappa shape index (κ3) is 4.49. The lowest BCUT2D eigenvalue weighted by atomic mass is 10.1. The highest BCUT2D eigenvalue weighted by Gasteiger charge is 2.17. The second kappa shape index (κ2) is 9.23. The van der Waals surface area contributed by atoms with Crippen LogP contribution in [0.15, 0.2) is 46.9 Å². The highest BCUT2D eigenvalue weighted by Crippen LogP contribution is 2.33. The van der Waals surface area contributed by atoms with Crippen molar-refractivity contribution in [2.24, 2.45) is 5.10 Å². The summed E-state index contributed by atoms with van der Waals surface area (Å²) in [6, 6.07) is 10.2. The Morgan fingerprint density at radius 1 is 1.07 bits per heavy atom. The van der Waals surface area contributed by atoms with Gasteiger partial charge in [0.1, 0.15) is 0 Å². The Morgan fingerprint density at radius 2 is 1.77 bits per heavy atom. The van der Waals surface area contributed by atoms with Crippen molar-refractivity contribution >= 4 is 27.9 Å². The van der Waals surface area contributed by atoms with Crippen LogP contribution in [-0.4, -0.2) is 36.9 Å². The monoisotopic (exact) mass is 428 g/mol. The predicted octanol–water partition coefficient (Wildman–Crippen LogP) is 4.58. The van der Waals surface area contributed by atoms with Gasteiger partial charge in [0.2, 0.25) is 5.13 Å². The van der Waals surface area contributed by atoms with E-state index >= 15 is 0 Å². The topological polar surface area (TPSA) is 108 Å². The molecule has 3 rings (SSSR count). The third-order valence-corrected chi connectivity index (χ3v) is 5.04. The summed E-state index contributed by atoms with van der Waals surface area (Å²) >= 11 is 1.34. The SMILES string of the molecule is COc1ccc(/C(C)=N/Nc2nc(-c3ccc(OC)c([N+](=O)[O-])c3)cs2)cc1OC. The molecule has 0 saturated heterocycles. The number of nitrogens with zero attached hydrogens (tertiary/aromatic N) is 3. The predicted molar refractivity (Wildman–Crippen MR) is 116 cm³/mol. The zero-order valence-corrected chi connectivity index (χ0v) is 17.6. The van der Waals surface area contributed by atoms with Crippen molar-refractivity contribution in [3.8, 4) is 28.5 Å². The summed E-state index contributed by atoms with van der Waals surface area (Å²) in [6.07, 6.45) is 0. The lowest BCUT2D eigenvalue weighted by Crippen LogP contribution is -2.01. The molecule has 1 heterocycles. The van der Waals surface area contributed by atoms with Gasteiger partial charge in [-0.05, 0) is 37.3 Å². The van der Waals surface area contributed by atoms with E-state index in [9.17, 15) is 10.1 Å². The highest BCUT2D eigenvalue weighted by atomic mass is 32.1. The zero-order chi connectivity index (χ0) is 21.7. The number of nitro benzene ring substituents is 1. The van der Waals surface area contributed by atoms with Crippen LogP contribution in [-0.2, 0) is 0 Å². The van der Waals surface area contributed by atoms with Crippen molar-refractivity contribution in [2.75, 3.05) is 26.8 Å². The Balaban J connectivity index is 1.79. The first-order valence-electron chi connectivity index (χ1n) is 8.77. The van der Waals surface area contributed by atoms with E-state index in [0.29, 0.717) is 27.9 Å². The number of benzene rings is 2. The van der Waals surface area contributed by atoms with E-state index in [0.717, 1.165) is 11.3 Å². The lowest BCUT2D eigenvalue weighted by molar-refractivity contribution is -0.385. The Kier molecular flexibility index (Phi) is 6.48. The molecule has 0 aliphatic carbocycles. The molecule has 1 N–H and O–H groups in total. The summed E-state index contributed by atoms with van der Waals surface area (Å²) in [5.41, 5.74) is 5.63. The minimum absolute atomic E-state index is 0.111. The summed E-state index contributed by atoms with van der Waals surface area (Å²) in [4.78, 5) is 15.2. The van der Waals surface area contributed by atoms with Crippen LogP contribution in [0.25, 0.3) is 11.3 Å². The number of hydrazone groups is 1. The van der Waals surface area contributed by atoms with Gasteiger partial charge in [0.05, 0.1) is 37.7 Å². The maximum Gasteiger partial charge on any atom is 0.311 e. The molecular weight excluding hydrogens is 408 g/mol. The number of nitro groups is 1. The number of anilines is 1. The summed E-state index contributed by atoms with van der Waals surface area (Å²) in [5.74, 6) is 1.45. The quantitative estimate of drug-likeness (QED) is 0.318. The van der Waals surface area contributed by atoms with Crippen LogP contribution in [0.3, 0.4) is 0 Å². The number of nitrogens with one attached hydrogen (secondary N) is 1. The summed E-state index contributed by atoms with van der Waals surface area (Å²) < 4.78 is 15.6. The Bertz CT molecular complexity index is 1100. The van der Waals surface area contributed by atoms with Crippen LogP contribution >= 0.6 is 11.3 Å². The molecule has 2 aromatic carbocycles. The van der Waals surface area contributed by atoms with Crippen LogP contribution < -0.4 is 19.6 Å². The molecule has 0 unspecified atom stereocenters. The molecule has 9 nitrogen and oxygen atoms in total. The Labute approximate surface area is 177 Å². The van der Waals surface area contributed by atoms with Crippen LogP contribution in [0.4, 0.5) is 10.8 Å². The van der Waals surface area contributed by atoms with E-state index in [1.807, 2.05) is 25.1 Å². The second-order valence-corrected chi connectivity index (χ2v) is 6.92. The Morgan fingerprint density at radius 3 is 2.43 bits per heavy atom. The number of methoxy groups -OCH3 is 3. The van der Waals surface area contributed by atoms with Gasteiger partial charge in [-0.3, -0.25) is 15.5 Å². The number of thiazole rings is 1. The van der Waals surface area contributed by atoms with Crippen LogP contribution in [0, 0.1) is 10.1 Å². The highest BCUT2D eigenvalue weighted by molar-refractivity contribution is 7.14. The molecule has 0 saturated carbocycles. The van der Waals surface area contributed by atoms with E-state index in [-0.39, 0.29) is 11.4 Å². The van der Waals surface area contributed by atoms with E-state index in [1.54, 1.807) is 31.7 Å². The first-order chi connectivity index (χ1) is 14.5. The first kappa shape index (κ1) is 21.1. The van der Waals surface area contributed by atoms with Gasteiger partial charge in [-0.15, -0.1) is 11.3 Å². The fourth-order valence-corrected chi connectivity index (χ4v) is 3.37. The van der Waals surface area contributed by atoms with Gasteiger partial charge in [-0.25, -0.2) is 4.98 Å². The molecule has 0 aliphatic heterocycles. The number of rotatable bonds is 8. The van der Waals surface area contributed by atoms with E-state index < -0.39 is 4.92 Å². The van der Waals surface area contributed by atoms with Crippen molar-refractivity contribution < 1.29 is 19.1 Å². The van der Waals surface area contributed by atoms with Gasteiger partial charge in [-0.1, -0.05) is 0 Å². The van der Waals surface area contributed by atoms with Crippen LogP contribution in [0.2, 0.25) is 0 Å². The molecule has 1 aromatic heterocycles. The maximum atomic E-state index is 11.2. The molecule has 30 heavy (non-hydrogen) atoms. The average Bonchev–Trinajstić information content (AvgIpc) is 3.25. The maximum absolute atomic E-state index is 11.2. The standard InChI is InChI=1S/C20H20N4O5S/c1-12(13-5-8-18(28-3)19(10-13)29-4)22-23-20-21-15(11-30-20)14-6-7-17(27-2)16(9-14)24(25)26/h5-11H,1-4H3,(H,21,23)/b22-12+. The number of aromatic nitrogens is 1. The average molecular weight is 428 g/mol. The molecule has 10 heteroatoms. The zero-order valence-electron chi connectivity index (χ0n) is 16.8. The van der Waals surface area contributed by atoms with Crippen molar-refractivity contribution in [1.29, 1.82) is 0 Å². The molecule has 0 atom stereocenters. The van der Waals surface area contributed by atoms with Gasteiger partial charge in [-0.2, -0.15) is 5.10 Å². The fourth-order valence-electron chi connectivity index (χ4n) is 2.71. The number of hydrogen-bond acceptors (Lipinski definition) is 9. The van der Waals surface area contributed by atoms with Gasteiger partial charge in [0.25, 0.3) is 0 Å². The molecule has 156 valence electrons. The summed E-state index contributed by atoms with van der Waals surface area (Å²) in [6.45, 7) is 1.86. The van der Waals surface area contributed by atoms with Gasteiger partial charge in [0, 0.05) is 22.6 Å². The molecule has 0 spiro atoms. The van der Waals surface area contributed by atoms with Crippen molar-refractivity contribution in [3.63, 3.8) is 0 Å². The van der Waals surface area contributed by atoms with Crippen molar-refractivity contribution in [3.05, 3.63) is 57.5 Å². The molecule has 0 radical (unpaired) electrons. The second-order valence-electron chi connectivity index (χ2n) is 6.06. The number of hydrogen-bond donors (Lipinski definition) is 1. The van der Waals surface area contributed by atoms with E-state index in [2.05, 4.69) is 15.5 Å². The van der Waals surface area contributed by atoms with Gasteiger partial charge >= 0.3 is 5.69 Å². The number of ether oxygens (including phenoxy) is 3. The van der Waals surface area contributed by atoms with Crippen LogP contribution in [0.5, 0.6) is 17.2 Å².